The number of halogens is 1. The lowest BCUT2D eigenvalue weighted by Gasteiger charge is -2.16. The number of hydrogen-bond acceptors (Lipinski definition) is 2. The molecule has 0 saturated carbocycles. The molecule has 0 radical (unpaired) electrons. The molecule has 0 aliphatic rings. The Hall–Kier alpha value is -2.59. The molecule has 4 nitrogen and oxygen atoms in total. The number of para-hydroxylation sites is 2. The smallest absolute Gasteiger partial charge is 0.251 e. The standard InChI is InChI=1S/C20H20ClN3O/c1-13(2)12-24-18-7-5-4-6-17(18)23-19(24)14(3)22-20(25)15-8-10-16(21)11-9-15/h4-11,14H,1,12H2,2-3H3,(H,22,25)/t14-/m0/s1. The van der Waals surface area contributed by atoms with Crippen molar-refractivity contribution in [3.8, 4) is 0 Å². The van der Waals surface area contributed by atoms with Crippen LogP contribution in [-0.4, -0.2) is 15.5 Å². The number of nitrogens with one attached hydrogen (secondary N) is 1. The van der Waals surface area contributed by atoms with Crippen LogP contribution in [0.3, 0.4) is 0 Å². The molecule has 0 fully saturated rings. The summed E-state index contributed by atoms with van der Waals surface area (Å²) in [5, 5.41) is 3.62. The maximum absolute atomic E-state index is 12.5. The number of benzene rings is 2. The minimum absolute atomic E-state index is 0.155. The summed E-state index contributed by atoms with van der Waals surface area (Å²) in [6.07, 6.45) is 0. The van der Waals surface area contributed by atoms with Gasteiger partial charge < -0.3 is 9.88 Å². The van der Waals surface area contributed by atoms with Gasteiger partial charge in [0.05, 0.1) is 17.1 Å². The molecule has 1 heterocycles. The summed E-state index contributed by atoms with van der Waals surface area (Å²) in [4.78, 5) is 17.2. The van der Waals surface area contributed by atoms with Gasteiger partial charge in [0.25, 0.3) is 5.91 Å². The van der Waals surface area contributed by atoms with Crippen molar-refractivity contribution in [3.05, 3.63) is 77.1 Å². The van der Waals surface area contributed by atoms with Gasteiger partial charge in [0.1, 0.15) is 5.82 Å². The first-order valence-electron chi connectivity index (χ1n) is 8.11. The molecular formula is C20H20ClN3O. The van der Waals surface area contributed by atoms with E-state index in [0.29, 0.717) is 17.1 Å². The summed E-state index contributed by atoms with van der Waals surface area (Å²) in [6.45, 7) is 8.59. The van der Waals surface area contributed by atoms with Gasteiger partial charge in [0, 0.05) is 17.1 Å². The van der Waals surface area contributed by atoms with Crippen LogP contribution in [0.1, 0.15) is 36.1 Å². The quantitative estimate of drug-likeness (QED) is 0.672. The van der Waals surface area contributed by atoms with E-state index in [1.807, 2.05) is 38.1 Å². The highest BCUT2D eigenvalue weighted by Crippen LogP contribution is 2.22. The van der Waals surface area contributed by atoms with Crippen molar-refractivity contribution in [2.24, 2.45) is 0 Å². The number of fused-ring (bicyclic) bond motifs is 1. The third kappa shape index (κ3) is 3.74. The molecule has 128 valence electrons. The van der Waals surface area contributed by atoms with Crippen molar-refractivity contribution in [3.63, 3.8) is 0 Å². The van der Waals surface area contributed by atoms with Gasteiger partial charge in [0.2, 0.25) is 0 Å². The van der Waals surface area contributed by atoms with Gasteiger partial charge in [-0.05, 0) is 50.2 Å². The largest absolute Gasteiger partial charge is 0.342 e. The summed E-state index contributed by atoms with van der Waals surface area (Å²) in [5.41, 5.74) is 3.54. The van der Waals surface area contributed by atoms with E-state index in [4.69, 9.17) is 16.6 Å². The molecule has 3 rings (SSSR count). The van der Waals surface area contributed by atoms with Crippen LogP contribution in [0, 0.1) is 0 Å². The van der Waals surface area contributed by atoms with Gasteiger partial charge in [-0.15, -0.1) is 0 Å². The number of aromatic nitrogens is 2. The topological polar surface area (TPSA) is 46.9 Å². The second-order valence-electron chi connectivity index (χ2n) is 6.20. The van der Waals surface area contributed by atoms with Gasteiger partial charge in [0.15, 0.2) is 0 Å². The molecule has 1 amide bonds. The minimum Gasteiger partial charge on any atom is -0.342 e. The fourth-order valence-corrected chi connectivity index (χ4v) is 2.93. The number of amides is 1. The van der Waals surface area contributed by atoms with E-state index in [0.717, 1.165) is 22.4 Å². The van der Waals surface area contributed by atoms with Crippen LogP contribution in [0.25, 0.3) is 11.0 Å². The molecule has 25 heavy (non-hydrogen) atoms. The predicted octanol–water partition coefficient (Wildman–Crippen LogP) is 4.76. The van der Waals surface area contributed by atoms with Gasteiger partial charge >= 0.3 is 0 Å². The molecule has 1 aromatic heterocycles. The van der Waals surface area contributed by atoms with Crippen LogP contribution in [-0.2, 0) is 6.54 Å². The second-order valence-corrected chi connectivity index (χ2v) is 6.64. The first kappa shape index (κ1) is 17.2. The predicted molar refractivity (Wildman–Crippen MR) is 102 cm³/mol. The zero-order valence-corrected chi connectivity index (χ0v) is 15.0. The molecule has 0 bridgehead atoms. The Balaban J connectivity index is 1.90. The van der Waals surface area contributed by atoms with E-state index in [-0.39, 0.29) is 11.9 Å². The van der Waals surface area contributed by atoms with Gasteiger partial charge in [-0.3, -0.25) is 4.79 Å². The van der Waals surface area contributed by atoms with Crippen LogP contribution < -0.4 is 5.32 Å². The molecule has 5 heteroatoms. The lowest BCUT2D eigenvalue weighted by atomic mass is 10.2. The first-order valence-corrected chi connectivity index (χ1v) is 8.49. The van der Waals surface area contributed by atoms with E-state index in [2.05, 4.69) is 16.5 Å². The van der Waals surface area contributed by atoms with E-state index in [1.165, 1.54) is 0 Å². The second kappa shape index (κ2) is 7.11. The molecule has 0 saturated heterocycles. The third-order valence-electron chi connectivity index (χ3n) is 3.95. The molecule has 0 spiro atoms. The Morgan fingerprint density at radius 2 is 1.92 bits per heavy atom. The van der Waals surface area contributed by atoms with E-state index >= 15 is 0 Å². The normalized spacial score (nSPS) is 12.1. The summed E-state index contributed by atoms with van der Waals surface area (Å²) in [7, 11) is 0. The van der Waals surface area contributed by atoms with Crippen LogP contribution in [0.5, 0.6) is 0 Å². The lowest BCUT2D eigenvalue weighted by Crippen LogP contribution is -2.28. The SMILES string of the molecule is C=C(C)Cn1c([C@H](C)NC(=O)c2ccc(Cl)cc2)nc2ccccc21. The monoisotopic (exact) mass is 353 g/mol. The van der Waals surface area contributed by atoms with Crippen LogP contribution >= 0.6 is 11.6 Å². The summed E-state index contributed by atoms with van der Waals surface area (Å²) in [6, 6.07) is 14.5. The average molecular weight is 354 g/mol. The van der Waals surface area contributed by atoms with Gasteiger partial charge in [-0.2, -0.15) is 0 Å². The highest BCUT2D eigenvalue weighted by molar-refractivity contribution is 6.30. The minimum atomic E-state index is -0.241. The number of carbonyl (C=O) groups is 1. The summed E-state index contributed by atoms with van der Waals surface area (Å²) < 4.78 is 2.10. The lowest BCUT2D eigenvalue weighted by molar-refractivity contribution is 0.0938. The Morgan fingerprint density at radius 3 is 2.60 bits per heavy atom. The van der Waals surface area contributed by atoms with Crippen molar-refractivity contribution in [2.75, 3.05) is 0 Å². The zero-order valence-electron chi connectivity index (χ0n) is 14.3. The Labute approximate surface area is 152 Å². The molecule has 0 aliphatic carbocycles. The number of hydrogen-bond donors (Lipinski definition) is 1. The highest BCUT2D eigenvalue weighted by Gasteiger charge is 2.19. The van der Waals surface area contributed by atoms with Gasteiger partial charge in [-0.1, -0.05) is 35.9 Å². The van der Waals surface area contributed by atoms with E-state index < -0.39 is 0 Å². The fourth-order valence-electron chi connectivity index (χ4n) is 2.81. The zero-order chi connectivity index (χ0) is 18.0. The number of carbonyl (C=O) groups excluding carboxylic acids is 1. The van der Waals surface area contributed by atoms with E-state index in [9.17, 15) is 4.79 Å². The Morgan fingerprint density at radius 1 is 1.24 bits per heavy atom. The molecule has 2 aromatic carbocycles. The molecule has 1 N–H and O–H groups in total. The molecule has 0 unspecified atom stereocenters. The summed E-state index contributed by atoms with van der Waals surface area (Å²) >= 11 is 5.88. The number of imidazole rings is 1. The van der Waals surface area contributed by atoms with Crippen molar-refractivity contribution < 1.29 is 4.79 Å². The van der Waals surface area contributed by atoms with Crippen LogP contribution in [0.2, 0.25) is 5.02 Å². The highest BCUT2D eigenvalue weighted by atomic mass is 35.5. The van der Waals surface area contributed by atoms with E-state index in [1.54, 1.807) is 24.3 Å². The Bertz CT molecular complexity index is 928. The number of allylic oxidation sites excluding steroid dienone is 1. The molecule has 1 atom stereocenters. The van der Waals surface area contributed by atoms with Gasteiger partial charge in [-0.25, -0.2) is 4.98 Å². The molecule has 0 aliphatic heterocycles. The van der Waals surface area contributed by atoms with Crippen LogP contribution in [0.15, 0.2) is 60.7 Å². The third-order valence-corrected chi connectivity index (χ3v) is 4.21. The van der Waals surface area contributed by atoms with Crippen molar-refractivity contribution in [1.29, 1.82) is 0 Å². The molecular weight excluding hydrogens is 334 g/mol. The summed E-state index contributed by atoms with van der Waals surface area (Å²) in [5.74, 6) is 0.657. The fraction of sp³-hybridized carbons (Fsp3) is 0.200. The maximum atomic E-state index is 12.5. The van der Waals surface area contributed by atoms with Crippen molar-refractivity contribution in [1.82, 2.24) is 14.9 Å². The Kier molecular flexibility index (Phi) is 4.91. The van der Waals surface area contributed by atoms with Crippen molar-refractivity contribution >= 4 is 28.5 Å². The van der Waals surface area contributed by atoms with Crippen molar-refractivity contribution in [2.45, 2.75) is 26.4 Å². The van der Waals surface area contributed by atoms with Crippen LogP contribution in [0.4, 0.5) is 0 Å². The first-order chi connectivity index (χ1) is 12.0. The maximum Gasteiger partial charge on any atom is 0.251 e. The average Bonchev–Trinajstić information content (AvgIpc) is 2.93. The number of rotatable bonds is 5. The number of nitrogens with zero attached hydrogens (tertiary/aromatic N) is 2. The molecule has 3 aromatic rings.